The van der Waals surface area contributed by atoms with Crippen LogP contribution < -0.4 is 5.32 Å². The van der Waals surface area contributed by atoms with Gasteiger partial charge in [0.15, 0.2) is 0 Å². The Kier molecular flexibility index (Phi) is 4.76. The Morgan fingerprint density at radius 1 is 1.15 bits per heavy atom. The van der Waals surface area contributed by atoms with Crippen molar-refractivity contribution >= 4 is 23.2 Å². The molecule has 0 aromatic heterocycles. The summed E-state index contributed by atoms with van der Waals surface area (Å²) >= 11 is 5.90. The molecule has 1 atom stereocenters. The van der Waals surface area contributed by atoms with Gasteiger partial charge in [0.1, 0.15) is 0 Å². The lowest BCUT2D eigenvalue weighted by molar-refractivity contribution is -0.123. The minimum Gasteiger partial charge on any atom is -0.366 e. The van der Waals surface area contributed by atoms with Crippen LogP contribution in [0.1, 0.15) is 43.7 Å². The number of rotatable bonds is 3. The first-order valence-corrected chi connectivity index (χ1v) is 9.74. The van der Waals surface area contributed by atoms with Crippen LogP contribution in [0.2, 0.25) is 5.02 Å². The Morgan fingerprint density at radius 2 is 1.85 bits per heavy atom. The molecule has 136 valence electrons. The third-order valence-electron chi connectivity index (χ3n) is 6.08. The number of fused-ring (bicyclic) bond motifs is 2. The molecule has 1 spiro atoms. The summed E-state index contributed by atoms with van der Waals surface area (Å²) in [7, 11) is 0. The number of amides is 1. The van der Waals surface area contributed by atoms with Gasteiger partial charge in [-0.2, -0.15) is 0 Å². The number of nitrogens with one attached hydrogen (secondary N) is 1. The number of hydrogen-bond donors (Lipinski definition) is 1. The first-order valence-electron chi connectivity index (χ1n) is 9.36. The predicted molar refractivity (Wildman–Crippen MR) is 104 cm³/mol. The smallest absolute Gasteiger partial charge is 0.227 e. The quantitative estimate of drug-likeness (QED) is 0.772. The molecule has 3 nitrogen and oxygen atoms in total. The average molecular weight is 370 g/mol. The van der Waals surface area contributed by atoms with E-state index in [4.69, 9.17) is 16.3 Å². The Hall–Kier alpha value is -1.84. The van der Waals surface area contributed by atoms with E-state index in [1.54, 1.807) is 12.1 Å². The normalized spacial score (nSPS) is 25.7. The number of ether oxygens (including phenoxy) is 1. The fraction of sp³-hybridized carbons (Fsp3) is 0.409. The highest BCUT2D eigenvalue weighted by molar-refractivity contribution is 6.30. The fourth-order valence-corrected chi connectivity index (χ4v) is 4.53. The molecular weight excluding hydrogens is 346 g/mol. The zero-order chi connectivity index (χ0) is 18.1. The van der Waals surface area contributed by atoms with Crippen molar-refractivity contribution < 1.29 is 9.53 Å². The van der Waals surface area contributed by atoms with Gasteiger partial charge in [-0.1, -0.05) is 42.8 Å². The zero-order valence-corrected chi connectivity index (χ0v) is 15.8. The molecule has 0 radical (unpaired) electrons. The molecule has 1 unspecified atom stereocenters. The standard InChI is InChI=1S/C22H24ClNO2/c1-15(21(25)24-19-8-6-18(23)7-9-19)16-10-12-22(13-11-16)20-5-3-2-4-17(20)14-26-22/h2-9,15-16H,10-14H2,1H3,(H,24,25)/t15?,16-,22+. The van der Waals surface area contributed by atoms with Crippen LogP contribution in [0.15, 0.2) is 48.5 Å². The SMILES string of the molecule is CC(C(=O)Nc1ccc(Cl)cc1)[C@H]1CC[C@]2(CC1)OCc1ccccc12. The zero-order valence-electron chi connectivity index (χ0n) is 15.0. The minimum atomic E-state index is -0.126. The van der Waals surface area contributed by atoms with Gasteiger partial charge in [0, 0.05) is 16.6 Å². The maximum Gasteiger partial charge on any atom is 0.227 e. The summed E-state index contributed by atoms with van der Waals surface area (Å²) in [6.07, 6.45) is 4.02. The van der Waals surface area contributed by atoms with E-state index in [0.717, 1.165) is 31.4 Å². The summed E-state index contributed by atoms with van der Waals surface area (Å²) < 4.78 is 6.23. The lowest BCUT2D eigenvalue weighted by Gasteiger charge is -2.39. The van der Waals surface area contributed by atoms with E-state index >= 15 is 0 Å². The summed E-state index contributed by atoms with van der Waals surface area (Å²) in [5.74, 6) is 0.463. The second-order valence-electron chi connectivity index (χ2n) is 7.56. The molecule has 0 bridgehead atoms. The molecule has 1 amide bonds. The summed E-state index contributed by atoms with van der Waals surface area (Å²) in [6, 6.07) is 15.8. The number of anilines is 1. The van der Waals surface area contributed by atoms with Crippen LogP contribution in [-0.4, -0.2) is 5.91 Å². The van der Waals surface area contributed by atoms with Crippen LogP contribution >= 0.6 is 11.6 Å². The number of carbonyl (C=O) groups excluding carboxylic acids is 1. The summed E-state index contributed by atoms with van der Waals surface area (Å²) in [5, 5.41) is 3.69. The molecular formula is C22H24ClNO2. The Bertz CT molecular complexity index is 794. The van der Waals surface area contributed by atoms with Crippen molar-refractivity contribution in [3.05, 3.63) is 64.7 Å². The third kappa shape index (κ3) is 3.26. The van der Waals surface area contributed by atoms with E-state index < -0.39 is 0 Å². The van der Waals surface area contributed by atoms with Crippen molar-refractivity contribution in [1.82, 2.24) is 0 Å². The molecule has 1 saturated carbocycles. The second-order valence-corrected chi connectivity index (χ2v) is 8.00. The van der Waals surface area contributed by atoms with E-state index in [1.165, 1.54) is 11.1 Å². The molecule has 4 heteroatoms. The van der Waals surface area contributed by atoms with Crippen LogP contribution in [0.5, 0.6) is 0 Å². The Morgan fingerprint density at radius 3 is 2.58 bits per heavy atom. The van der Waals surface area contributed by atoms with Gasteiger partial charge in [-0.05, 0) is 67.0 Å². The van der Waals surface area contributed by atoms with Gasteiger partial charge in [-0.25, -0.2) is 0 Å². The molecule has 2 aliphatic rings. The van der Waals surface area contributed by atoms with Gasteiger partial charge in [-0.15, -0.1) is 0 Å². The van der Waals surface area contributed by atoms with Crippen molar-refractivity contribution in [1.29, 1.82) is 0 Å². The van der Waals surface area contributed by atoms with Gasteiger partial charge in [0.25, 0.3) is 0 Å². The maximum atomic E-state index is 12.6. The number of benzene rings is 2. The van der Waals surface area contributed by atoms with Crippen molar-refractivity contribution in [3.8, 4) is 0 Å². The molecule has 1 aliphatic carbocycles. The number of halogens is 1. The first kappa shape index (κ1) is 17.6. The van der Waals surface area contributed by atoms with Crippen molar-refractivity contribution in [2.24, 2.45) is 11.8 Å². The molecule has 4 rings (SSSR count). The van der Waals surface area contributed by atoms with Gasteiger partial charge < -0.3 is 10.1 Å². The molecule has 2 aromatic carbocycles. The molecule has 1 fully saturated rings. The topological polar surface area (TPSA) is 38.3 Å². The molecule has 1 N–H and O–H groups in total. The molecule has 0 saturated heterocycles. The van der Waals surface area contributed by atoms with Crippen molar-refractivity contribution in [2.45, 2.75) is 44.8 Å². The molecule has 2 aromatic rings. The van der Waals surface area contributed by atoms with E-state index in [9.17, 15) is 4.79 Å². The van der Waals surface area contributed by atoms with Crippen LogP contribution in [0.25, 0.3) is 0 Å². The van der Waals surface area contributed by atoms with Gasteiger partial charge in [0.2, 0.25) is 5.91 Å². The largest absolute Gasteiger partial charge is 0.366 e. The third-order valence-corrected chi connectivity index (χ3v) is 6.33. The van der Waals surface area contributed by atoms with Crippen molar-refractivity contribution in [2.75, 3.05) is 5.32 Å². The Labute approximate surface area is 159 Å². The predicted octanol–water partition coefficient (Wildman–Crippen LogP) is 5.53. The molecule has 1 heterocycles. The molecule has 1 aliphatic heterocycles. The molecule has 26 heavy (non-hydrogen) atoms. The summed E-state index contributed by atoms with van der Waals surface area (Å²) in [4.78, 5) is 12.6. The lowest BCUT2D eigenvalue weighted by atomic mass is 9.71. The number of hydrogen-bond acceptors (Lipinski definition) is 2. The van der Waals surface area contributed by atoms with E-state index in [2.05, 4.69) is 29.6 Å². The van der Waals surface area contributed by atoms with Gasteiger partial charge in [-0.3, -0.25) is 4.79 Å². The van der Waals surface area contributed by atoms with Gasteiger partial charge >= 0.3 is 0 Å². The second kappa shape index (κ2) is 7.05. The van der Waals surface area contributed by atoms with E-state index in [0.29, 0.717) is 17.5 Å². The highest BCUT2D eigenvalue weighted by Crippen LogP contribution is 2.49. The monoisotopic (exact) mass is 369 g/mol. The average Bonchev–Trinajstić information content (AvgIpc) is 3.02. The van der Waals surface area contributed by atoms with E-state index in [-0.39, 0.29) is 17.4 Å². The van der Waals surface area contributed by atoms with E-state index in [1.807, 2.05) is 19.1 Å². The minimum absolute atomic E-state index is 0.0142. The lowest BCUT2D eigenvalue weighted by Crippen LogP contribution is -2.36. The highest BCUT2D eigenvalue weighted by atomic mass is 35.5. The van der Waals surface area contributed by atoms with Crippen LogP contribution in [-0.2, 0) is 21.7 Å². The number of carbonyl (C=O) groups is 1. The van der Waals surface area contributed by atoms with Crippen LogP contribution in [0.3, 0.4) is 0 Å². The Balaban J connectivity index is 1.38. The van der Waals surface area contributed by atoms with Crippen LogP contribution in [0.4, 0.5) is 5.69 Å². The van der Waals surface area contributed by atoms with Crippen LogP contribution in [0, 0.1) is 11.8 Å². The van der Waals surface area contributed by atoms with Crippen molar-refractivity contribution in [3.63, 3.8) is 0 Å². The first-order chi connectivity index (χ1) is 12.6. The maximum absolute atomic E-state index is 12.6. The summed E-state index contributed by atoms with van der Waals surface area (Å²) in [5.41, 5.74) is 3.35. The highest BCUT2D eigenvalue weighted by Gasteiger charge is 2.44. The summed E-state index contributed by atoms with van der Waals surface area (Å²) in [6.45, 7) is 2.75. The van der Waals surface area contributed by atoms with Gasteiger partial charge in [0.05, 0.1) is 12.2 Å². The fourth-order valence-electron chi connectivity index (χ4n) is 4.41.